The number of hydrogen-bond acceptors (Lipinski definition) is 11. The Kier molecular flexibility index (Phi) is 5.32. The third kappa shape index (κ3) is 4.00. The number of hydrazone groups is 1. The lowest BCUT2D eigenvalue weighted by Gasteiger charge is -2.28. The molecule has 0 aliphatic carbocycles. The van der Waals surface area contributed by atoms with Crippen molar-refractivity contribution in [1.82, 2.24) is 30.0 Å². The normalized spacial score (nSPS) is 14.6. The maximum Gasteiger partial charge on any atom is 0.276 e. The molecule has 0 aromatic carbocycles. The van der Waals surface area contributed by atoms with Crippen LogP contribution in [0.3, 0.4) is 0 Å². The second-order valence-corrected chi connectivity index (χ2v) is 6.93. The second kappa shape index (κ2) is 8.05. The van der Waals surface area contributed by atoms with Crippen LogP contribution < -0.4 is 9.91 Å². The van der Waals surface area contributed by atoms with Gasteiger partial charge in [-0.2, -0.15) is 15.1 Å². The van der Waals surface area contributed by atoms with Crippen LogP contribution in [0.1, 0.15) is 5.82 Å². The van der Waals surface area contributed by atoms with Crippen molar-refractivity contribution in [3.63, 3.8) is 0 Å². The SMILES string of the molecule is C=NN(C)c1nc(N2CCOCC2)c2nc(-c3nc(CN(C)C)no3)ccc2n1. The Balaban J connectivity index is 1.79. The van der Waals surface area contributed by atoms with Gasteiger partial charge in [-0.15, -0.1) is 0 Å². The monoisotopic (exact) mass is 397 g/mol. The highest BCUT2D eigenvalue weighted by Gasteiger charge is 2.21. The fourth-order valence-electron chi connectivity index (χ4n) is 3.01. The number of nitrogens with zero attached hydrogens (tertiary/aromatic N) is 9. The first kappa shape index (κ1) is 19.2. The van der Waals surface area contributed by atoms with E-state index in [0.29, 0.717) is 54.1 Å². The van der Waals surface area contributed by atoms with Gasteiger partial charge in [-0.3, -0.25) is 0 Å². The lowest BCUT2D eigenvalue weighted by molar-refractivity contribution is 0.122. The molecule has 4 heterocycles. The van der Waals surface area contributed by atoms with Gasteiger partial charge in [-0.1, -0.05) is 5.16 Å². The third-order valence-electron chi connectivity index (χ3n) is 4.47. The van der Waals surface area contributed by atoms with E-state index in [1.54, 1.807) is 7.05 Å². The van der Waals surface area contributed by atoms with E-state index in [-0.39, 0.29) is 0 Å². The van der Waals surface area contributed by atoms with Gasteiger partial charge in [0.2, 0.25) is 5.95 Å². The molecule has 1 aliphatic rings. The number of anilines is 2. The molecule has 0 spiro atoms. The molecule has 1 fully saturated rings. The van der Waals surface area contributed by atoms with Gasteiger partial charge in [0, 0.05) is 26.9 Å². The van der Waals surface area contributed by atoms with Crippen molar-refractivity contribution in [3.8, 4) is 11.6 Å². The minimum absolute atomic E-state index is 0.366. The summed E-state index contributed by atoms with van der Waals surface area (Å²) in [5, 5.41) is 9.45. The summed E-state index contributed by atoms with van der Waals surface area (Å²) in [5.74, 6) is 2.14. The summed E-state index contributed by atoms with van der Waals surface area (Å²) in [6.45, 7) is 6.84. The van der Waals surface area contributed by atoms with Crippen LogP contribution in [0.15, 0.2) is 21.8 Å². The number of pyridine rings is 1. The molecule has 0 amide bonds. The van der Waals surface area contributed by atoms with E-state index in [9.17, 15) is 0 Å². The molecule has 29 heavy (non-hydrogen) atoms. The molecule has 0 bridgehead atoms. The van der Waals surface area contributed by atoms with E-state index in [2.05, 4.69) is 31.8 Å². The summed E-state index contributed by atoms with van der Waals surface area (Å²) < 4.78 is 10.9. The molecule has 1 saturated heterocycles. The van der Waals surface area contributed by atoms with Gasteiger partial charge in [0.1, 0.15) is 11.2 Å². The van der Waals surface area contributed by atoms with Crippen LogP contribution in [0.2, 0.25) is 0 Å². The van der Waals surface area contributed by atoms with Gasteiger partial charge in [0.25, 0.3) is 5.89 Å². The molecule has 3 aromatic rings. The molecular weight excluding hydrogens is 374 g/mol. The quantitative estimate of drug-likeness (QED) is 0.442. The van der Waals surface area contributed by atoms with Gasteiger partial charge in [0.15, 0.2) is 11.6 Å². The summed E-state index contributed by atoms with van der Waals surface area (Å²) >= 11 is 0. The standard InChI is InChI=1S/C18H23N9O2/c1-19-26(4)18-21-12-5-6-13(17-22-14(24-29-17)11-25(2)3)20-15(12)16(23-18)27-7-9-28-10-8-27/h5-6H,1,7-11H2,2-4H3. The molecule has 0 atom stereocenters. The second-order valence-electron chi connectivity index (χ2n) is 6.93. The highest BCUT2D eigenvalue weighted by atomic mass is 16.5. The average Bonchev–Trinajstić information content (AvgIpc) is 3.20. The first-order valence-electron chi connectivity index (χ1n) is 9.24. The fourth-order valence-corrected chi connectivity index (χ4v) is 3.01. The van der Waals surface area contributed by atoms with Crippen molar-refractivity contribution in [2.45, 2.75) is 6.54 Å². The zero-order chi connectivity index (χ0) is 20.4. The number of hydrogen-bond donors (Lipinski definition) is 0. The van der Waals surface area contributed by atoms with E-state index >= 15 is 0 Å². The van der Waals surface area contributed by atoms with E-state index in [1.165, 1.54) is 5.01 Å². The highest BCUT2D eigenvalue weighted by molar-refractivity contribution is 5.88. The van der Waals surface area contributed by atoms with Gasteiger partial charge in [0.05, 0.1) is 25.3 Å². The maximum atomic E-state index is 5.48. The summed E-state index contributed by atoms with van der Waals surface area (Å²) in [5.41, 5.74) is 1.94. The maximum absolute atomic E-state index is 5.48. The molecular formula is C18H23N9O2. The van der Waals surface area contributed by atoms with Gasteiger partial charge < -0.3 is 19.1 Å². The Bertz CT molecular complexity index is 1010. The summed E-state index contributed by atoms with van der Waals surface area (Å²) in [4.78, 5) is 22.6. The smallest absolute Gasteiger partial charge is 0.276 e. The molecule has 11 nitrogen and oxygen atoms in total. The Morgan fingerprint density at radius 3 is 2.62 bits per heavy atom. The van der Waals surface area contributed by atoms with Crippen molar-refractivity contribution in [2.75, 3.05) is 57.4 Å². The molecule has 11 heteroatoms. The molecule has 0 N–H and O–H groups in total. The highest BCUT2D eigenvalue weighted by Crippen LogP contribution is 2.28. The number of ether oxygens (including phenoxy) is 1. The zero-order valence-electron chi connectivity index (χ0n) is 16.7. The number of morpholine rings is 1. The largest absolute Gasteiger partial charge is 0.378 e. The predicted molar refractivity (Wildman–Crippen MR) is 109 cm³/mol. The first-order chi connectivity index (χ1) is 14.0. The van der Waals surface area contributed by atoms with E-state index in [4.69, 9.17) is 19.2 Å². The molecule has 0 radical (unpaired) electrons. The van der Waals surface area contributed by atoms with Crippen LogP contribution in [0.4, 0.5) is 11.8 Å². The Hall–Kier alpha value is -3.18. The minimum Gasteiger partial charge on any atom is -0.378 e. The number of aromatic nitrogens is 5. The summed E-state index contributed by atoms with van der Waals surface area (Å²) in [6, 6.07) is 3.69. The van der Waals surface area contributed by atoms with Crippen LogP contribution in [-0.2, 0) is 11.3 Å². The van der Waals surface area contributed by atoms with Crippen LogP contribution >= 0.6 is 0 Å². The van der Waals surface area contributed by atoms with E-state index in [0.717, 1.165) is 18.9 Å². The third-order valence-corrected chi connectivity index (χ3v) is 4.47. The Labute approximate surface area is 168 Å². The van der Waals surface area contributed by atoms with Gasteiger partial charge >= 0.3 is 0 Å². The molecule has 152 valence electrons. The first-order valence-corrected chi connectivity index (χ1v) is 9.24. The van der Waals surface area contributed by atoms with Crippen LogP contribution in [-0.4, -0.2) is 84.2 Å². The van der Waals surface area contributed by atoms with Crippen molar-refractivity contribution in [2.24, 2.45) is 5.10 Å². The molecule has 1 aliphatic heterocycles. The van der Waals surface area contributed by atoms with Gasteiger partial charge in [-0.25, -0.2) is 15.0 Å². The average molecular weight is 397 g/mol. The van der Waals surface area contributed by atoms with E-state index < -0.39 is 0 Å². The number of fused-ring (bicyclic) bond motifs is 1. The Morgan fingerprint density at radius 1 is 1.10 bits per heavy atom. The van der Waals surface area contributed by atoms with Crippen molar-refractivity contribution < 1.29 is 9.26 Å². The predicted octanol–water partition coefficient (Wildman–Crippen LogP) is 1.02. The van der Waals surface area contributed by atoms with Crippen molar-refractivity contribution in [3.05, 3.63) is 18.0 Å². The van der Waals surface area contributed by atoms with Gasteiger partial charge in [-0.05, 0) is 26.2 Å². The molecule has 4 rings (SSSR count). The van der Waals surface area contributed by atoms with Crippen LogP contribution in [0, 0.1) is 0 Å². The topological polar surface area (TPSA) is 109 Å². The zero-order valence-corrected chi connectivity index (χ0v) is 16.7. The van der Waals surface area contributed by atoms with E-state index in [1.807, 2.05) is 31.1 Å². The molecule has 3 aromatic heterocycles. The summed E-state index contributed by atoms with van der Waals surface area (Å²) in [6.07, 6.45) is 0. The molecule has 0 saturated carbocycles. The number of rotatable bonds is 6. The minimum atomic E-state index is 0.366. The molecule has 0 unspecified atom stereocenters. The Morgan fingerprint density at radius 2 is 1.90 bits per heavy atom. The van der Waals surface area contributed by atoms with Crippen LogP contribution in [0.5, 0.6) is 0 Å². The lowest BCUT2D eigenvalue weighted by atomic mass is 10.2. The lowest BCUT2D eigenvalue weighted by Crippen LogP contribution is -2.37. The van der Waals surface area contributed by atoms with Crippen LogP contribution in [0.25, 0.3) is 22.6 Å². The summed E-state index contributed by atoms with van der Waals surface area (Å²) in [7, 11) is 5.65. The van der Waals surface area contributed by atoms with Crippen molar-refractivity contribution >= 4 is 29.5 Å². The fraction of sp³-hybridized carbons (Fsp3) is 0.444. The van der Waals surface area contributed by atoms with Crippen molar-refractivity contribution in [1.29, 1.82) is 0 Å².